The Hall–Kier alpha value is -1.42. The van der Waals surface area contributed by atoms with Crippen molar-refractivity contribution in [3.63, 3.8) is 0 Å². The average molecular weight is 389 g/mol. The predicted octanol–water partition coefficient (Wildman–Crippen LogP) is 3.68. The van der Waals surface area contributed by atoms with E-state index in [1.165, 1.54) is 11.8 Å². The largest absolute Gasteiger partial charge is 0.455 e. The molecule has 0 aliphatic carbocycles. The topological polar surface area (TPSA) is 79.2 Å². The van der Waals surface area contributed by atoms with E-state index in [0.717, 1.165) is 0 Å². The van der Waals surface area contributed by atoms with E-state index in [1.54, 1.807) is 25.1 Å². The van der Waals surface area contributed by atoms with Gasteiger partial charge in [0.05, 0.1) is 16.8 Å². The molecule has 0 aliphatic heterocycles. The lowest BCUT2D eigenvalue weighted by Gasteiger charge is -2.27. The minimum atomic E-state index is -1.01. The van der Waals surface area contributed by atoms with Crippen molar-refractivity contribution in [3.8, 4) is 6.07 Å². The minimum Gasteiger partial charge on any atom is -0.455 e. The monoisotopic (exact) mass is 388 g/mol. The molecule has 1 rings (SSSR count). The van der Waals surface area contributed by atoms with E-state index in [9.17, 15) is 9.59 Å². The van der Waals surface area contributed by atoms with Gasteiger partial charge in [0.2, 0.25) is 0 Å². The van der Waals surface area contributed by atoms with Gasteiger partial charge in [-0.05, 0) is 31.0 Å². The summed E-state index contributed by atoms with van der Waals surface area (Å²) in [6, 6.07) is 6.99. The highest BCUT2D eigenvalue weighted by Crippen LogP contribution is 2.29. The molecule has 0 aliphatic rings. The van der Waals surface area contributed by atoms with Crippen LogP contribution < -0.4 is 5.32 Å². The first-order valence-corrected chi connectivity index (χ1v) is 8.88. The second-order valence-electron chi connectivity index (χ2n) is 5.54. The highest BCUT2D eigenvalue weighted by atomic mass is 35.5. The molecule has 1 aromatic carbocycles. The number of carbonyl (C=O) groups is 2. The van der Waals surface area contributed by atoms with Gasteiger partial charge in [0.25, 0.3) is 5.91 Å². The van der Waals surface area contributed by atoms with E-state index in [4.69, 9.17) is 33.2 Å². The van der Waals surface area contributed by atoms with Crippen molar-refractivity contribution in [1.29, 1.82) is 5.26 Å². The van der Waals surface area contributed by atoms with E-state index < -0.39 is 24.0 Å². The zero-order chi connectivity index (χ0) is 18.3. The number of amides is 1. The molecule has 1 aromatic rings. The minimum absolute atomic E-state index is 0.00690. The van der Waals surface area contributed by atoms with Crippen molar-refractivity contribution >= 4 is 46.8 Å². The second kappa shape index (κ2) is 9.16. The Morgan fingerprint density at radius 2 is 2.08 bits per heavy atom. The summed E-state index contributed by atoms with van der Waals surface area (Å²) in [6.07, 6.45) is 0. The quantitative estimate of drug-likeness (QED) is 0.569. The van der Waals surface area contributed by atoms with Crippen molar-refractivity contribution < 1.29 is 14.3 Å². The number of rotatable bonds is 7. The Labute approximate surface area is 155 Å². The summed E-state index contributed by atoms with van der Waals surface area (Å²) in [5.74, 6) is -1.17. The first-order chi connectivity index (χ1) is 11.2. The number of hydrogen-bond donors (Lipinski definition) is 1. The number of nitriles is 1. The number of benzene rings is 1. The van der Waals surface area contributed by atoms with Crippen molar-refractivity contribution in [2.75, 3.05) is 12.4 Å². The normalized spacial score (nSPS) is 13.0. The highest BCUT2D eigenvalue weighted by molar-refractivity contribution is 8.00. The first kappa shape index (κ1) is 20.6. The van der Waals surface area contributed by atoms with E-state index in [0.29, 0.717) is 14.9 Å². The molecule has 5 nitrogen and oxygen atoms in total. The lowest BCUT2D eigenvalue weighted by atomic mass is 9.90. The van der Waals surface area contributed by atoms with E-state index in [1.807, 2.05) is 13.8 Å². The van der Waals surface area contributed by atoms with Crippen LogP contribution in [0, 0.1) is 17.2 Å². The van der Waals surface area contributed by atoms with Crippen molar-refractivity contribution in [1.82, 2.24) is 5.32 Å². The van der Waals surface area contributed by atoms with E-state index >= 15 is 0 Å². The lowest BCUT2D eigenvalue weighted by Crippen LogP contribution is -2.50. The van der Waals surface area contributed by atoms with Crippen molar-refractivity contribution in [2.45, 2.75) is 31.2 Å². The zero-order valence-electron chi connectivity index (χ0n) is 13.6. The Balaban J connectivity index is 2.45. The predicted molar refractivity (Wildman–Crippen MR) is 95.1 cm³/mol. The number of carbonyl (C=O) groups excluding carboxylic acids is 2. The van der Waals surface area contributed by atoms with Gasteiger partial charge in [-0.25, -0.2) is 0 Å². The molecule has 0 fully saturated rings. The summed E-state index contributed by atoms with van der Waals surface area (Å²) in [6.45, 7) is 4.82. The van der Waals surface area contributed by atoms with Crippen LogP contribution in [0.1, 0.15) is 20.8 Å². The molecule has 0 bridgehead atoms. The third-order valence-electron chi connectivity index (χ3n) is 3.39. The molecule has 8 heteroatoms. The maximum absolute atomic E-state index is 11.8. The maximum atomic E-state index is 11.8. The molecule has 0 unspecified atom stereocenters. The molecular formula is C16H18Cl2N2O3S. The molecule has 0 heterocycles. The fourth-order valence-corrected chi connectivity index (χ4v) is 2.83. The van der Waals surface area contributed by atoms with E-state index in [-0.39, 0.29) is 11.7 Å². The maximum Gasteiger partial charge on any atom is 0.316 e. The summed E-state index contributed by atoms with van der Waals surface area (Å²) in [5.41, 5.74) is -1.01. The molecule has 0 aromatic heterocycles. The summed E-state index contributed by atoms with van der Waals surface area (Å²) in [7, 11) is 0. The van der Waals surface area contributed by atoms with Gasteiger partial charge in [-0.15, -0.1) is 11.8 Å². The molecule has 0 saturated carbocycles. The second-order valence-corrected chi connectivity index (χ2v) is 7.40. The van der Waals surface area contributed by atoms with Crippen LogP contribution in [-0.2, 0) is 14.3 Å². The third-order valence-corrected chi connectivity index (χ3v) is 5.09. The molecule has 0 spiro atoms. The van der Waals surface area contributed by atoms with Crippen LogP contribution in [0.2, 0.25) is 10.0 Å². The van der Waals surface area contributed by atoms with Crippen LogP contribution in [0.4, 0.5) is 0 Å². The Morgan fingerprint density at radius 3 is 2.67 bits per heavy atom. The molecule has 0 saturated heterocycles. The van der Waals surface area contributed by atoms with Crippen LogP contribution in [0.3, 0.4) is 0 Å². The Bertz CT molecular complexity index is 661. The first-order valence-electron chi connectivity index (χ1n) is 7.13. The van der Waals surface area contributed by atoms with Gasteiger partial charge in [0.15, 0.2) is 6.61 Å². The number of ether oxygens (including phenoxy) is 1. The average Bonchev–Trinajstić information content (AvgIpc) is 2.53. The molecule has 1 N–H and O–H groups in total. The van der Waals surface area contributed by atoms with Gasteiger partial charge in [0, 0.05) is 9.92 Å². The highest BCUT2D eigenvalue weighted by Gasteiger charge is 2.30. The number of esters is 1. The summed E-state index contributed by atoms with van der Waals surface area (Å²) < 4.78 is 4.91. The van der Waals surface area contributed by atoms with Gasteiger partial charge in [-0.1, -0.05) is 37.0 Å². The number of halogens is 2. The fraction of sp³-hybridized carbons (Fsp3) is 0.438. The standard InChI is InChI=1S/C16H18Cl2N2O3S/c1-10(2)16(3,9-19)20-14(21)7-23-15(22)8-24-13-6-11(17)4-5-12(13)18/h4-6,10H,7-8H2,1-3H3,(H,20,21)/t16-/m0/s1. The smallest absolute Gasteiger partial charge is 0.316 e. The van der Waals surface area contributed by atoms with Crippen molar-refractivity contribution in [3.05, 3.63) is 28.2 Å². The van der Waals surface area contributed by atoms with Gasteiger partial charge in [0.1, 0.15) is 5.54 Å². The number of nitrogens with one attached hydrogen (secondary N) is 1. The molecule has 24 heavy (non-hydrogen) atoms. The number of thioether (sulfide) groups is 1. The van der Waals surface area contributed by atoms with E-state index in [2.05, 4.69) is 11.4 Å². The molecule has 1 atom stereocenters. The van der Waals surface area contributed by atoms with Crippen LogP contribution in [0.15, 0.2) is 23.1 Å². The number of nitrogens with zero attached hydrogens (tertiary/aromatic N) is 1. The Morgan fingerprint density at radius 1 is 1.42 bits per heavy atom. The van der Waals surface area contributed by atoms with Gasteiger partial charge < -0.3 is 10.1 Å². The summed E-state index contributed by atoms with van der Waals surface area (Å²) in [4.78, 5) is 24.2. The van der Waals surface area contributed by atoms with Gasteiger partial charge in [-0.3, -0.25) is 9.59 Å². The molecule has 1 amide bonds. The van der Waals surface area contributed by atoms with Crippen LogP contribution >= 0.6 is 35.0 Å². The molecular weight excluding hydrogens is 371 g/mol. The van der Waals surface area contributed by atoms with Crippen LogP contribution in [0.25, 0.3) is 0 Å². The van der Waals surface area contributed by atoms with Gasteiger partial charge >= 0.3 is 5.97 Å². The zero-order valence-corrected chi connectivity index (χ0v) is 15.9. The number of hydrogen-bond acceptors (Lipinski definition) is 5. The lowest BCUT2D eigenvalue weighted by molar-refractivity contribution is -0.146. The summed E-state index contributed by atoms with van der Waals surface area (Å²) in [5, 5.41) is 12.7. The Kier molecular flexibility index (Phi) is 7.88. The third kappa shape index (κ3) is 6.23. The van der Waals surface area contributed by atoms with Crippen LogP contribution in [-0.4, -0.2) is 29.8 Å². The molecule has 130 valence electrons. The van der Waals surface area contributed by atoms with Crippen molar-refractivity contribution in [2.24, 2.45) is 5.92 Å². The summed E-state index contributed by atoms with van der Waals surface area (Å²) >= 11 is 13.0. The molecule has 0 radical (unpaired) electrons. The van der Waals surface area contributed by atoms with Gasteiger partial charge in [-0.2, -0.15) is 5.26 Å². The SMILES string of the molecule is CC(C)[C@](C)(C#N)NC(=O)COC(=O)CSc1cc(Cl)ccc1Cl. The fourth-order valence-electron chi connectivity index (χ4n) is 1.54. The van der Waals surface area contributed by atoms with Crippen LogP contribution in [0.5, 0.6) is 0 Å².